The maximum Gasteiger partial charge on any atom is 0.254 e. The van der Waals surface area contributed by atoms with Crippen molar-refractivity contribution in [2.45, 2.75) is 63.5 Å². The molecule has 10 heteroatoms. The minimum absolute atomic E-state index is 0.0703. The summed E-state index contributed by atoms with van der Waals surface area (Å²) in [6.07, 6.45) is 3.77. The largest absolute Gasteiger partial charge is 0.473 e. The molecule has 1 spiro atoms. The van der Waals surface area contributed by atoms with Crippen LogP contribution in [0.3, 0.4) is 0 Å². The van der Waals surface area contributed by atoms with Crippen LogP contribution < -0.4 is 10.5 Å². The Labute approximate surface area is 244 Å². The summed E-state index contributed by atoms with van der Waals surface area (Å²) in [5, 5.41) is 0. The predicted octanol–water partition coefficient (Wildman–Crippen LogP) is 4.71. The van der Waals surface area contributed by atoms with Gasteiger partial charge in [0, 0.05) is 23.2 Å². The summed E-state index contributed by atoms with van der Waals surface area (Å²) in [5.41, 5.74) is 10.6. The zero-order valence-corrected chi connectivity index (χ0v) is 25.0. The lowest BCUT2D eigenvalue weighted by Gasteiger charge is -2.55. The number of piperidine rings is 1. The highest BCUT2D eigenvalue weighted by atomic mass is 32.2. The first-order valence-electron chi connectivity index (χ1n) is 14.1. The molecular formula is C31H39N5O4S. The molecule has 5 rings (SSSR count). The molecule has 9 nitrogen and oxygen atoms in total. The fourth-order valence-corrected chi connectivity index (χ4v) is 6.76. The lowest BCUT2D eigenvalue weighted by atomic mass is 9.60. The Morgan fingerprint density at radius 3 is 2.46 bits per heavy atom. The highest BCUT2D eigenvalue weighted by Crippen LogP contribution is 2.51. The smallest absolute Gasteiger partial charge is 0.254 e. The molecule has 3 aromatic rings. The van der Waals surface area contributed by atoms with Gasteiger partial charge in [-0.15, -0.1) is 0 Å². The second-order valence-electron chi connectivity index (χ2n) is 11.7. The number of nitrogens with zero attached hydrogens (tertiary/aromatic N) is 4. The fourth-order valence-electron chi connectivity index (χ4n) is 6.33. The summed E-state index contributed by atoms with van der Waals surface area (Å²) < 4.78 is 27.6. The van der Waals surface area contributed by atoms with Crippen LogP contribution in [0.1, 0.15) is 54.1 Å². The van der Waals surface area contributed by atoms with Crippen molar-refractivity contribution in [3.8, 4) is 17.1 Å². The highest BCUT2D eigenvalue weighted by molar-refractivity contribution is 7.79. The van der Waals surface area contributed by atoms with Gasteiger partial charge in [-0.2, -0.15) is 4.98 Å². The van der Waals surface area contributed by atoms with Gasteiger partial charge in [-0.05, 0) is 101 Å². The Hall–Kier alpha value is -3.34. The summed E-state index contributed by atoms with van der Waals surface area (Å²) in [6.45, 7) is 8.47. The third-order valence-electron chi connectivity index (χ3n) is 8.60. The standard InChI is InChI=1S/C31H39N5O4S/c1-20-7-5-8-21(2)28(20)26-16-27(34-30(32)33-26)40-22(3)19-36(24-17-31(18-24)11-13-35(4)14-12-31)29(37)23-9-6-10-25(15-23)41(38)39/h5-10,15-16,22,24H,11-14,17-19H2,1-4H3,(H,38,39)(H2,32,33,34)/t22-/m1/s1. The number of aromatic nitrogens is 2. The van der Waals surface area contributed by atoms with Crippen molar-refractivity contribution in [1.29, 1.82) is 0 Å². The van der Waals surface area contributed by atoms with Crippen LogP contribution >= 0.6 is 0 Å². The Kier molecular flexibility index (Phi) is 8.45. The first kappa shape index (κ1) is 29.2. The van der Waals surface area contributed by atoms with Crippen molar-refractivity contribution >= 4 is 22.9 Å². The molecule has 2 atom stereocenters. The number of nitrogen functional groups attached to an aromatic ring is 1. The maximum atomic E-state index is 13.9. The first-order valence-corrected chi connectivity index (χ1v) is 15.2. The molecule has 2 fully saturated rings. The van der Waals surface area contributed by atoms with Gasteiger partial charge in [0.05, 0.1) is 17.1 Å². The molecule has 3 N–H and O–H groups in total. The third kappa shape index (κ3) is 6.45. The molecule has 1 amide bonds. The number of likely N-dealkylation sites (tertiary alicyclic amines) is 1. The number of hydrogen-bond donors (Lipinski definition) is 2. The molecule has 1 aliphatic carbocycles. The van der Waals surface area contributed by atoms with Gasteiger partial charge < -0.3 is 24.8 Å². The number of ether oxygens (including phenoxy) is 1. The molecule has 1 aliphatic heterocycles. The molecule has 2 aliphatic rings. The van der Waals surface area contributed by atoms with Gasteiger partial charge in [-0.1, -0.05) is 24.3 Å². The molecule has 41 heavy (non-hydrogen) atoms. The molecule has 0 bridgehead atoms. The summed E-state index contributed by atoms with van der Waals surface area (Å²) in [6, 6.07) is 14.3. The molecule has 1 unspecified atom stereocenters. The second-order valence-corrected chi connectivity index (χ2v) is 12.7. The third-order valence-corrected chi connectivity index (χ3v) is 9.26. The number of nitrogens with two attached hydrogens (primary N) is 1. The van der Waals surface area contributed by atoms with Gasteiger partial charge >= 0.3 is 0 Å². The van der Waals surface area contributed by atoms with E-state index in [9.17, 15) is 13.6 Å². The maximum absolute atomic E-state index is 13.9. The van der Waals surface area contributed by atoms with E-state index in [2.05, 4.69) is 21.9 Å². The van der Waals surface area contributed by atoms with Crippen LogP contribution in [0.2, 0.25) is 0 Å². The van der Waals surface area contributed by atoms with E-state index in [4.69, 9.17) is 10.5 Å². The van der Waals surface area contributed by atoms with E-state index in [0.29, 0.717) is 23.7 Å². The number of rotatable bonds is 8. The number of anilines is 1. The van der Waals surface area contributed by atoms with E-state index < -0.39 is 11.1 Å². The van der Waals surface area contributed by atoms with Crippen molar-refractivity contribution in [3.05, 3.63) is 65.2 Å². The monoisotopic (exact) mass is 577 g/mol. The van der Waals surface area contributed by atoms with Crippen LogP contribution in [0.4, 0.5) is 5.95 Å². The van der Waals surface area contributed by atoms with Crippen LogP contribution in [-0.4, -0.2) is 73.3 Å². The zero-order valence-electron chi connectivity index (χ0n) is 24.2. The van der Waals surface area contributed by atoms with E-state index in [1.54, 1.807) is 24.3 Å². The topological polar surface area (TPSA) is 122 Å². The second kappa shape index (κ2) is 11.9. The minimum Gasteiger partial charge on any atom is -0.473 e. The molecule has 2 aromatic carbocycles. The lowest BCUT2D eigenvalue weighted by molar-refractivity contribution is -0.0377. The Bertz CT molecular complexity index is 1430. The van der Waals surface area contributed by atoms with E-state index in [-0.39, 0.29) is 34.3 Å². The SMILES string of the molecule is Cc1cccc(C)c1-c1cc(O[C@H](C)CN(C(=O)c2cccc(S(=O)O)c2)C2CC3(CCN(C)CC3)C2)nc(N)n1. The number of amides is 1. The molecule has 2 heterocycles. The molecule has 1 saturated carbocycles. The average molecular weight is 578 g/mol. The van der Waals surface area contributed by atoms with Crippen molar-refractivity contribution in [1.82, 2.24) is 19.8 Å². The number of aryl methyl sites for hydroxylation is 2. The molecule has 218 valence electrons. The van der Waals surface area contributed by atoms with Crippen molar-refractivity contribution in [2.75, 3.05) is 32.4 Å². The molecule has 0 radical (unpaired) electrons. The Morgan fingerprint density at radius 1 is 1.15 bits per heavy atom. The van der Waals surface area contributed by atoms with Crippen LogP contribution in [-0.2, 0) is 11.1 Å². The molecular weight excluding hydrogens is 538 g/mol. The van der Waals surface area contributed by atoms with Crippen molar-refractivity contribution < 1.29 is 18.3 Å². The van der Waals surface area contributed by atoms with Crippen LogP contribution in [0.25, 0.3) is 11.3 Å². The summed E-state index contributed by atoms with van der Waals surface area (Å²) >= 11 is -2.17. The zero-order chi connectivity index (χ0) is 29.3. The summed E-state index contributed by atoms with van der Waals surface area (Å²) in [7, 11) is 2.15. The van der Waals surface area contributed by atoms with Crippen LogP contribution in [0.15, 0.2) is 53.4 Å². The van der Waals surface area contributed by atoms with E-state index >= 15 is 0 Å². The highest BCUT2D eigenvalue weighted by Gasteiger charge is 2.48. The number of hydrogen-bond acceptors (Lipinski definition) is 7. The summed E-state index contributed by atoms with van der Waals surface area (Å²) in [5.74, 6) is 0.310. The van der Waals surface area contributed by atoms with Gasteiger partial charge in [0.15, 0.2) is 11.1 Å². The van der Waals surface area contributed by atoms with Crippen molar-refractivity contribution in [2.24, 2.45) is 5.41 Å². The van der Waals surface area contributed by atoms with E-state index in [0.717, 1.165) is 55.5 Å². The Balaban J connectivity index is 1.37. The lowest BCUT2D eigenvalue weighted by Crippen LogP contribution is -2.57. The predicted molar refractivity (Wildman–Crippen MR) is 160 cm³/mol. The number of carbonyl (C=O) groups excluding carboxylic acids is 1. The van der Waals surface area contributed by atoms with Gasteiger partial charge in [0.25, 0.3) is 5.91 Å². The first-order chi connectivity index (χ1) is 19.5. The Morgan fingerprint density at radius 2 is 1.80 bits per heavy atom. The van der Waals surface area contributed by atoms with Gasteiger partial charge in [0.1, 0.15) is 6.10 Å². The number of carbonyl (C=O) groups is 1. The van der Waals surface area contributed by atoms with Gasteiger partial charge in [0.2, 0.25) is 11.8 Å². The summed E-state index contributed by atoms with van der Waals surface area (Å²) in [4.78, 5) is 27.1. The average Bonchev–Trinajstić information content (AvgIpc) is 2.90. The quantitative estimate of drug-likeness (QED) is 0.369. The van der Waals surface area contributed by atoms with Gasteiger partial charge in [-0.25, -0.2) is 9.19 Å². The fraction of sp³-hybridized carbons (Fsp3) is 0.452. The molecule has 1 saturated heterocycles. The van der Waals surface area contributed by atoms with E-state index in [1.807, 2.05) is 43.9 Å². The minimum atomic E-state index is -2.17. The molecule has 1 aromatic heterocycles. The van der Waals surface area contributed by atoms with Crippen LogP contribution in [0.5, 0.6) is 5.88 Å². The number of benzene rings is 2. The van der Waals surface area contributed by atoms with E-state index in [1.165, 1.54) is 6.07 Å². The normalized spacial score (nSPS) is 18.5. The van der Waals surface area contributed by atoms with Gasteiger partial charge in [-0.3, -0.25) is 4.79 Å². The van der Waals surface area contributed by atoms with Crippen molar-refractivity contribution in [3.63, 3.8) is 0 Å². The van der Waals surface area contributed by atoms with Crippen LogP contribution in [0, 0.1) is 19.3 Å².